The van der Waals surface area contributed by atoms with Gasteiger partial charge in [0, 0.05) is 63.1 Å². The second-order valence-corrected chi connectivity index (χ2v) is 9.64. The fraction of sp³-hybridized carbons (Fsp3) is 0.259. The number of aromatic nitrogens is 3. The summed E-state index contributed by atoms with van der Waals surface area (Å²) < 4.78 is 1.71. The van der Waals surface area contributed by atoms with Gasteiger partial charge >= 0.3 is 0 Å². The standard InChI is InChI=1S/C27H27N5O2S/c1-30-12-11-28-27(30)26(34)22-17-24(29-23-10-6-5-9-21(22)23)35-19-25(33)32-15-13-31(14-16-32)18-20-7-3-2-4-8-20/h2-12,17H,13-16,18-19H2,1H3. The number of pyridine rings is 1. The third-order valence-corrected chi connectivity index (χ3v) is 7.18. The van der Waals surface area contributed by atoms with Crippen LogP contribution < -0.4 is 0 Å². The Morgan fingerprint density at radius 1 is 0.971 bits per heavy atom. The average Bonchev–Trinajstić information content (AvgIpc) is 3.33. The Bertz CT molecular complexity index is 1350. The lowest BCUT2D eigenvalue weighted by molar-refractivity contribution is -0.130. The van der Waals surface area contributed by atoms with Crippen molar-refractivity contribution in [3.05, 3.63) is 90.0 Å². The largest absolute Gasteiger partial charge is 0.339 e. The molecule has 35 heavy (non-hydrogen) atoms. The molecule has 1 saturated heterocycles. The summed E-state index contributed by atoms with van der Waals surface area (Å²) in [6.45, 7) is 4.08. The van der Waals surface area contributed by atoms with E-state index in [1.165, 1.54) is 17.3 Å². The third kappa shape index (κ3) is 5.28. The summed E-state index contributed by atoms with van der Waals surface area (Å²) in [5, 5.41) is 1.45. The maximum atomic E-state index is 13.2. The summed E-state index contributed by atoms with van der Waals surface area (Å²) in [6.07, 6.45) is 3.37. The molecule has 0 aliphatic carbocycles. The van der Waals surface area contributed by atoms with Gasteiger partial charge in [0.25, 0.3) is 0 Å². The molecule has 5 rings (SSSR count). The molecule has 4 aromatic rings. The molecule has 2 aromatic carbocycles. The zero-order valence-electron chi connectivity index (χ0n) is 19.6. The highest BCUT2D eigenvalue weighted by atomic mass is 32.2. The Kier molecular flexibility index (Phi) is 6.92. The van der Waals surface area contributed by atoms with Crippen LogP contribution in [0.3, 0.4) is 0 Å². The highest BCUT2D eigenvalue weighted by Crippen LogP contribution is 2.26. The van der Waals surface area contributed by atoms with Gasteiger partial charge in [0.2, 0.25) is 11.7 Å². The smallest absolute Gasteiger partial charge is 0.233 e. The lowest BCUT2D eigenvalue weighted by Gasteiger charge is -2.34. The van der Waals surface area contributed by atoms with Crippen molar-refractivity contribution in [3.8, 4) is 0 Å². The molecule has 1 amide bonds. The molecule has 0 N–H and O–H groups in total. The van der Waals surface area contributed by atoms with Gasteiger partial charge in [0.1, 0.15) is 0 Å². The van der Waals surface area contributed by atoms with E-state index in [0.29, 0.717) is 22.2 Å². The highest BCUT2D eigenvalue weighted by molar-refractivity contribution is 7.99. The van der Waals surface area contributed by atoms with E-state index in [4.69, 9.17) is 4.98 Å². The van der Waals surface area contributed by atoms with Crippen LogP contribution in [0.5, 0.6) is 0 Å². The van der Waals surface area contributed by atoms with E-state index in [1.54, 1.807) is 30.1 Å². The lowest BCUT2D eigenvalue weighted by atomic mass is 10.1. The van der Waals surface area contributed by atoms with E-state index in [-0.39, 0.29) is 11.7 Å². The van der Waals surface area contributed by atoms with Gasteiger partial charge in [-0.25, -0.2) is 9.97 Å². The molecule has 0 unspecified atom stereocenters. The zero-order valence-corrected chi connectivity index (χ0v) is 20.4. The Morgan fingerprint density at radius 3 is 2.46 bits per heavy atom. The molecular formula is C27H27N5O2S. The van der Waals surface area contributed by atoms with Crippen LogP contribution in [0.1, 0.15) is 21.7 Å². The lowest BCUT2D eigenvalue weighted by Crippen LogP contribution is -2.48. The Labute approximate surface area is 208 Å². The maximum absolute atomic E-state index is 13.2. The molecule has 0 radical (unpaired) electrons. The fourth-order valence-corrected chi connectivity index (χ4v) is 5.16. The summed E-state index contributed by atoms with van der Waals surface area (Å²) in [5.41, 5.74) is 2.58. The van der Waals surface area contributed by atoms with Crippen LogP contribution in [0.25, 0.3) is 10.9 Å². The van der Waals surface area contributed by atoms with E-state index < -0.39 is 0 Å². The summed E-state index contributed by atoms with van der Waals surface area (Å²) in [5.74, 6) is 0.613. The third-order valence-electron chi connectivity index (χ3n) is 6.28. The van der Waals surface area contributed by atoms with E-state index in [0.717, 1.165) is 43.6 Å². The number of nitrogens with zero attached hydrogens (tertiary/aromatic N) is 5. The van der Waals surface area contributed by atoms with Gasteiger partial charge in [-0.1, -0.05) is 60.3 Å². The number of aryl methyl sites for hydroxylation is 1. The van der Waals surface area contributed by atoms with Crippen molar-refractivity contribution in [2.75, 3.05) is 31.9 Å². The van der Waals surface area contributed by atoms with Gasteiger partial charge in [-0.2, -0.15) is 0 Å². The van der Waals surface area contributed by atoms with E-state index in [2.05, 4.69) is 34.1 Å². The number of ketones is 1. The topological polar surface area (TPSA) is 71.3 Å². The number of thioether (sulfide) groups is 1. The van der Waals surface area contributed by atoms with Crippen LogP contribution in [0.2, 0.25) is 0 Å². The first-order valence-electron chi connectivity index (χ1n) is 11.7. The quantitative estimate of drug-likeness (QED) is 0.294. The highest BCUT2D eigenvalue weighted by Gasteiger charge is 2.22. The number of para-hydroxylation sites is 1. The summed E-state index contributed by atoms with van der Waals surface area (Å²) in [7, 11) is 1.80. The zero-order chi connectivity index (χ0) is 24.2. The fourth-order valence-electron chi connectivity index (χ4n) is 4.34. The van der Waals surface area contributed by atoms with Crippen LogP contribution in [-0.4, -0.2) is 68.0 Å². The normalized spacial score (nSPS) is 14.4. The number of piperazine rings is 1. The van der Waals surface area contributed by atoms with Crippen LogP contribution in [0.15, 0.2) is 78.1 Å². The SMILES string of the molecule is Cn1ccnc1C(=O)c1cc(SCC(=O)N2CCN(Cc3ccccc3)CC2)nc2ccccc12. The second kappa shape index (κ2) is 10.4. The molecule has 0 saturated carbocycles. The van der Waals surface area contributed by atoms with Gasteiger partial charge < -0.3 is 9.47 Å². The van der Waals surface area contributed by atoms with Crippen molar-refractivity contribution in [2.45, 2.75) is 11.6 Å². The molecule has 2 aromatic heterocycles. The summed E-state index contributed by atoms with van der Waals surface area (Å²) >= 11 is 1.38. The number of carbonyl (C=O) groups is 2. The van der Waals surface area contributed by atoms with Gasteiger partial charge in [0.15, 0.2) is 5.82 Å². The van der Waals surface area contributed by atoms with E-state index >= 15 is 0 Å². The number of rotatable bonds is 7. The van der Waals surface area contributed by atoms with E-state index in [9.17, 15) is 9.59 Å². The van der Waals surface area contributed by atoms with Crippen LogP contribution in [-0.2, 0) is 18.4 Å². The number of hydrogen-bond acceptors (Lipinski definition) is 6. The van der Waals surface area contributed by atoms with Gasteiger partial charge in [-0.15, -0.1) is 0 Å². The molecule has 0 spiro atoms. The molecule has 7 nitrogen and oxygen atoms in total. The van der Waals surface area contributed by atoms with Crippen LogP contribution in [0.4, 0.5) is 0 Å². The summed E-state index contributed by atoms with van der Waals surface area (Å²) in [6, 6.07) is 19.8. The minimum Gasteiger partial charge on any atom is -0.339 e. The van der Waals surface area contributed by atoms with Crippen molar-refractivity contribution in [3.63, 3.8) is 0 Å². The number of fused-ring (bicyclic) bond motifs is 1. The minimum absolute atomic E-state index is 0.0984. The first kappa shape index (κ1) is 23.3. The van der Waals surface area contributed by atoms with Gasteiger partial charge in [-0.3, -0.25) is 14.5 Å². The molecule has 3 heterocycles. The first-order valence-corrected chi connectivity index (χ1v) is 12.7. The van der Waals surface area contributed by atoms with Crippen molar-refractivity contribution in [1.82, 2.24) is 24.3 Å². The molecule has 0 bridgehead atoms. The minimum atomic E-state index is -0.154. The van der Waals surface area contributed by atoms with E-state index in [1.807, 2.05) is 35.2 Å². The second-order valence-electron chi connectivity index (χ2n) is 8.65. The van der Waals surface area contributed by atoms with Gasteiger partial charge in [-0.05, 0) is 17.7 Å². The number of hydrogen-bond donors (Lipinski definition) is 0. The van der Waals surface area contributed by atoms with Crippen LogP contribution >= 0.6 is 11.8 Å². The molecule has 1 aliphatic heterocycles. The Balaban J connectivity index is 1.24. The first-order chi connectivity index (χ1) is 17.1. The maximum Gasteiger partial charge on any atom is 0.233 e. The molecule has 0 atom stereocenters. The predicted molar refractivity (Wildman–Crippen MR) is 137 cm³/mol. The predicted octanol–water partition coefficient (Wildman–Crippen LogP) is 3.64. The Morgan fingerprint density at radius 2 is 1.71 bits per heavy atom. The monoisotopic (exact) mass is 485 g/mol. The van der Waals surface area contributed by atoms with Crippen molar-refractivity contribution in [2.24, 2.45) is 7.05 Å². The van der Waals surface area contributed by atoms with Crippen LogP contribution in [0, 0.1) is 0 Å². The molecular weight excluding hydrogens is 458 g/mol. The number of benzene rings is 2. The molecule has 1 aliphatic rings. The number of imidazole rings is 1. The van der Waals surface area contributed by atoms with Crippen molar-refractivity contribution >= 4 is 34.4 Å². The van der Waals surface area contributed by atoms with Gasteiger partial charge in [0.05, 0.1) is 16.3 Å². The van der Waals surface area contributed by atoms with Crippen molar-refractivity contribution < 1.29 is 9.59 Å². The number of amides is 1. The Hall–Kier alpha value is -3.49. The van der Waals surface area contributed by atoms with Crippen molar-refractivity contribution in [1.29, 1.82) is 0 Å². The molecule has 8 heteroatoms. The summed E-state index contributed by atoms with van der Waals surface area (Å²) in [4.78, 5) is 39.4. The average molecular weight is 486 g/mol. The molecule has 1 fully saturated rings. The number of carbonyl (C=O) groups excluding carboxylic acids is 2. The molecule has 178 valence electrons.